The normalized spacial score (nSPS) is 14.4. The van der Waals surface area contributed by atoms with Gasteiger partial charge in [0.1, 0.15) is 9.84 Å². The van der Waals surface area contributed by atoms with Crippen LogP contribution in [0.2, 0.25) is 0 Å². The van der Waals surface area contributed by atoms with E-state index in [-0.39, 0.29) is 11.9 Å². The van der Waals surface area contributed by atoms with Crippen molar-refractivity contribution in [2.45, 2.75) is 45.6 Å². The second-order valence-electron chi connectivity index (χ2n) is 3.50. The third kappa shape index (κ3) is 8.25. The Labute approximate surface area is 81.1 Å². The number of hydrogen-bond donors (Lipinski definition) is 1. The molecule has 0 amide bonds. The highest BCUT2D eigenvalue weighted by molar-refractivity contribution is 7.91. The minimum Gasteiger partial charge on any atom is -0.393 e. The van der Waals surface area contributed by atoms with Gasteiger partial charge in [-0.05, 0) is 32.6 Å². The Hall–Kier alpha value is -0.0900. The molecule has 4 heteroatoms. The zero-order chi connectivity index (χ0) is 10.3. The van der Waals surface area contributed by atoms with Crippen LogP contribution < -0.4 is 0 Å². The van der Waals surface area contributed by atoms with Crippen LogP contribution in [-0.4, -0.2) is 31.1 Å². The first-order valence-electron chi connectivity index (χ1n) is 4.86. The van der Waals surface area contributed by atoms with Gasteiger partial charge >= 0.3 is 0 Å². The lowest BCUT2D eigenvalue weighted by atomic mass is 10.2. The molecule has 0 aliphatic rings. The van der Waals surface area contributed by atoms with Gasteiger partial charge in [0.15, 0.2) is 0 Å². The molecule has 1 atom stereocenters. The average Bonchev–Trinajstić information content (AvgIpc) is 1.98. The van der Waals surface area contributed by atoms with Gasteiger partial charge in [-0.2, -0.15) is 0 Å². The molecule has 0 saturated heterocycles. The Balaban J connectivity index is 3.53. The van der Waals surface area contributed by atoms with Crippen LogP contribution in [0.3, 0.4) is 0 Å². The van der Waals surface area contributed by atoms with Crippen LogP contribution >= 0.6 is 0 Å². The Morgan fingerprint density at radius 2 is 1.85 bits per heavy atom. The van der Waals surface area contributed by atoms with E-state index < -0.39 is 9.84 Å². The SMILES string of the molecule is CCCS(=O)(=O)CCCCC(C)O. The van der Waals surface area contributed by atoms with E-state index in [4.69, 9.17) is 5.11 Å². The largest absolute Gasteiger partial charge is 0.393 e. The molecular weight excluding hydrogens is 188 g/mol. The Morgan fingerprint density at radius 1 is 1.23 bits per heavy atom. The maximum atomic E-state index is 11.2. The van der Waals surface area contributed by atoms with Gasteiger partial charge in [-0.1, -0.05) is 6.92 Å². The van der Waals surface area contributed by atoms with E-state index in [2.05, 4.69) is 0 Å². The zero-order valence-corrected chi connectivity index (χ0v) is 9.31. The number of aliphatic hydroxyl groups is 1. The van der Waals surface area contributed by atoms with Gasteiger partial charge in [0.05, 0.1) is 11.9 Å². The molecule has 0 aliphatic heterocycles. The topological polar surface area (TPSA) is 54.4 Å². The lowest BCUT2D eigenvalue weighted by Crippen LogP contribution is -2.11. The summed E-state index contributed by atoms with van der Waals surface area (Å²) in [6.45, 7) is 3.59. The number of aliphatic hydroxyl groups excluding tert-OH is 1. The summed E-state index contributed by atoms with van der Waals surface area (Å²) < 4.78 is 22.4. The van der Waals surface area contributed by atoms with Crippen molar-refractivity contribution < 1.29 is 13.5 Å². The van der Waals surface area contributed by atoms with E-state index >= 15 is 0 Å². The van der Waals surface area contributed by atoms with E-state index in [1.165, 1.54) is 0 Å². The first-order valence-corrected chi connectivity index (χ1v) is 6.68. The Morgan fingerprint density at radius 3 is 2.31 bits per heavy atom. The van der Waals surface area contributed by atoms with E-state index in [0.717, 1.165) is 6.42 Å². The van der Waals surface area contributed by atoms with Crippen molar-refractivity contribution in [3.05, 3.63) is 0 Å². The predicted molar refractivity (Wildman–Crippen MR) is 54.5 cm³/mol. The standard InChI is InChI=1S/C9H20O3S/c1-3-7-13(11,12)8-5-4-6-9(2)10/h9-10H,3-8H2,1-2H3. The van der Waals surface area contributed by atoms with Gasteiger partial charge in [0.2, 0.25) is 0 Å². The molecule has 0 rings (SSSR count). The molecule has 1 unspecified atom stereocenters. The summed E-state index contributed by atoms with van der Waals surface area (Å²) >= 11 is 0. The van der Waals surface area contributed by atoms with Gasteiger partial charge < -0.3 is 5.11 Å². The number of hydrogen-bond acceptors (Lipinski definition) is 3. The first-order chi connectivity index (χ1) is 5.98. The van der Waals surface area contributed by atoms with Gasteiger partial charge in [-0.25, -0.2) is 8.42 Å². The Bertz CT molecular complexity index is 207. The number of rotatable bonds is 7. The second kappa shape index (κ2) is 6.38. The third-order valence-corrected chi connectivity index (χ3v) is 3.78. The molecule has 1 N–H and O–H groups in total. The summed E-state index contributed by atoms with van der Waals surface area (Å²) in [6, 6.07) is 0. The summed E-state index contributed by atoms with van der Waals surface area (Å²) in [5.41, 5.74) is 0. The minimum absolute atomic E-state index is 0.271. The van der Waals surface area contributed by atoms with Crippen molar-refractivity contribution >= 4 is 9.84 Å². The van der Waals surface area contributed by atoms with Crippen LogP contribution in [0.5, 0.6) is 0 Å². The van der Waals surface area contributed by atoms with E-state index in [0.29, 0.717) is 25.0 Å². The fourth-order valence-electron chi connectivity index (χ4n) is 1.17. The van der Waals surface area contributed by atoms with Crippen molar-refractivity contribution in [1.29, 1.82) is 0 Å². The zero-order valence-electron chi connectivity index (χ0n) is 8.49. The number of unbranched alkanes of at least 4 members (excludes halogenated alkanes) is 1. The average molecular weight is 208 g/mol. The molecule has 80 valence electrons. The maximum absolute atomic E-state index is 11.2. The van der Waals surface area contributed by atoms with Crippen molar-refractivity contribution in [3.8, 4) is 0 Å². The highest BCUT2D eigenvalue weighted by Gasteiger charge is 2.08. The van der Waals surface area contributed by atoms with Crippen LogP contribution in [-0.2, 0) is 9.84 Å². The molecule has 0 bridgehead atoms. The van der Waals surface area contributed by atoms with Gasteiger partial charge in [0, 0.05) is 5.75 Å². The van der Waals surface area contributed by atoms with Crippen molar-refractivity contribution in [2.24, 2.45) is 0 Å². The lowest BCUT2D eigenvalue weighted by Gasteiger charge is -2.04. The second-order valence-corrected chi connectivity index (χ2v) is 5.80. The van der Waals surface area contributed by atoms with Crippen LogP contribution in [0, 0.1) is 0 Å². The van der Waals surface area contributed by atoms with Crippen LogP contribution in [0.25, 0.3) is 0 Å². The molecule has 0 spiro atoms. The van der Waals surface area contributed by atoms with Crippen LogP contribution in [0.15, 0.2) is 0 Å². The summed E-state index contributed by atoms with van der Waals surface area (Å²) in [6.07, 6.45) is 2.54. The van der Waals surface area contributed by atoms with Gasteiger partial charge in [-0.15, -0.1) is 0 Å². The molecule has 0 aromatic carbocycles. The molecule has 0 heterocycles. The molecule has 0 radical (unpaired) electrons. The van der Waals surface area contributed by atoms with E-state index in [1.807, 2.05) is 6.92 Å². The van der Waals surface area contributed by atoms with Gasteiger partial charge in [0.25, 0.3) is 0 Å². The van der Waals surface area contributed by atoms with Crippen molar-refractivity contribution in [1.82, 2.24) is 0 Å². The summed E-state index contributed by atoms with van der Waals surface area (Å²) in [4.78, 5) is 0. The quantitative estimate of drug-likeness (QED) is 0.643. The molecule has 0 fully saturated rings. The predicted octanol–water partition coefficient (Wildman–Crippen LogP) is 1.36. The minimum atomic E-state index is -2.81. The molecular formula is C9H20O3S. The summed E-state index contributed by atoms with van der Waals surface area (Å²) in [5, 5.41) is 8.94. The highest BCUT2D eigenvalue weighted by atomic mass is 32.2. The van der Waals surface area contributed by atoms with E-state index in [9.17, 15) is 8.42 Å². The maximum Gasteiger partial charge on any atom is 0.150 e. The molecule has 0 aromatic heterocycles. The third-order valence-electron chi connectivity index (χ3n) is 1.84. The van der Waals surface area contributed by atoms with Gasteiger partial charge in [-0.3, -0.25) is 0 Å². The lowest BCUT2D eigenvalue weighted by molar-refractivity contribution is 0.181. The first kappa shape index (κ1) is 12.9. The number of sulfone groups is 1. The monoisotopic (exact) mass is 208 g/mol. The summed E-state index contributed by atoms with van der Waals surface area (Å²) in [5.74, 6) is 0.565. The highest BCUT2D eigenvalue weighted by Crippen LogP contribution is 2.04. The molecule has 0 aromatic rings. The van der Waals surface area contributed by atoms with Crippen molar-refractivity contribution in [3.63, 3.8) is 0 Å². The summed E-state index contributed by atoms with van der Waals surface area (Å²) in [7, 11) is -2.81. The van der Waals surface area contributed by atoms with Crippen LogP contribution in [0.4, 0.5) is 0 Å². The van der Waals surface area contributed by atoms with Crippen molar-refractivity contribution in [2.75, 3.05) is 11.5 Å². The smallest absolute Gasteiger partial charge is 0.150 e. The molecule has 13 heavy (non-hydrogen) atoms. The fraction of sp³-hybridized carbons (Fsp3) is 1.00. The molecule has 0 aliphatic carbocycles. The Kier molecular flexibility index (Phi) is 6.33. The fourth-order valence-corrected chi connectivity index (χ4v) is 2.64. The molecule has 3 nitrogen and oxygen atoms in total. The van der Waals surface area contributed by atoms with Crippen LogP contribution in [0.1, 0.15) is 39.5 Å². The molecule has 0 saturated carbocycles. The van der Waals surface area contributed by atoms with E-state index in [1.54, 1.807) is 6.92 Å².